The minimum absolute atomic E-state index is 0.0439. The van der Waals surface area contributed by atoms with Crippen LogP contribution in [-0.2, 0) is 0 Å². The third kappa shape index (κ3) is 2.31. The highest BCUT2D eigenvalue weighted by Gasteiger charge is 2.14. The number of hydrogen-bond donors (Lipinski definition) is 1. The van der Waals surface area contributed by atoms with Crippen LogP contribution in [0.1, 0.15) is 24.9 Å². The van der Waals surface area contributed by atoms with E-state index in [2.05, 4.69) is 36.3 Å². The SMILES string of the molecule is CC(C)C(N)c1nc(-c2ccccc2)cs1. The Kier molecular flexibility index (Phi) is 3.36. The van der Waals surface area contributed by atoms with Crippen molar-refractivity contribution in [2.45, 2.75) is 19.9 Å². The maximum absolute atomic E-state index is 6.08. The molecule has 1 aromatic heterocycles. The van der Waals surface area contributed by atoms with Gasteiger partial charge in [-0.25, -0.2) is 4.98 Å². The van der Waals surface area contributed by atoms with Gasteiger partial charge in [-0.15, -0.1) is 11.3 Å². The van der Waals surface area contributed by atoms with Crippen molar-refractivity contribution in [1.29, 1.82) is 0 Å². The molecule has 0 radical (unpaired) electrons. The summed E-state index contributed by atoms with van der Waals surface area (Å²) in [5.41, 5.74) is 8.26. The first kappa shape index (κ1) is 11.3. The summed E-state index contributed by atoms with van der Waals surface area (Å²) >= 11 is 1.64. The van der Waals surface area contributed by atoms with E-state index in [1.165, 1.54) is 0 Å². The third-order valence-corrected chi connectivity index (χ3v) is 3.54. The number of hydrogen-bond acceptors (Lipinski definition) is 3. The number of rotatable bonds is 3. The maximum Gasteiger partial charge on any atom is 0.110 e. The largest absolute Gasteiger partial charge is 0.322 e. The van der Waals surface area contributed by atoms with Crippen molar-refractivity contribution in [3.05, 3.63) is 40.7 Å². The molecule has 0 saturated carbocycles. The van der Waals surface area contributed by atoms with Crippen LogP contribution in [0.15, 0.2) is 35.7 Å². The fourth-order valence-corrected chi connectivity index (χ4v) is 2.47. The molecule has 0 aliphatic heterocycles. The fraction of sp³-hybridized carbons (Fsp3) is 0.308. The van der Waals surface area contributed by atoms with Crippen LogP contribution < -0.4 is 5.73 Å². The summed E-state index contributed by atoms with van der Waals surface area (Å²) in [6.07, 6.45) is 0. The summed E-state index contributed by atoms with van der Waals surface area (Å²) in [7, 11) is 0. The number of nitrogens with two attached hydrogens (primary N) is 1. The Morgan fingerprint density at radius 3 is 2.50 bits per heavy atom. The standard InChI is InChI=1S/C13H16N2S/c1-9(2)12(14)13-15-11(8-16-13)10-6-4-3-5-7-10/h3-9,12H,14H2,1-2H3. The number of aromatic nitrogens is 1. The molecule has 0 spiro atoms. The van der Waals surface area contributed by atoms with Crippen molar-refractivity contribution in [3.8, 4) is 11.3 Å². The average Bonchev–Trinajstić information content (AvgIpc) is 2.78. The van der Waals surface area contributed by atoms with Crippen molar-refractivity contribution in [2.75, 3.05) is 0 Å². The molecule has 2 nitrogen and oxygen atoms in total. The van der Waals surface area contributed by atoms with Gasteiger partial charge in [0.1, 0.15) is 5.01 Å². The molecule has 0 saturated heterocycles. The van der Waals surface area contributed by atoms with Gasteiger partial charge in [0.15, 0.2) is 0 Å². The van der Waals surface area contributed by atoms with Crippen molar-refractivity contribution >= 4 is 11.3 Å². The second kappa shape index (κ2) is 4.76. The summed E-state index contributed by atoms with van der Waals surface area (Å²) in [5.74, 6) is 0.426. The first-order chi connectivity index (χ1) is 7.68. The lowest BCUT2D eigenvalue weighted by atomic mass is 10.1. The molecule has 1 unspecified atom stereocenters. The fourth-order valence-electron chi connectivity index (χ4n) is 1.47. The van der Waals surface area contributed by atoms with E-state index in [1.54, 1.807) is 11.3 Å². The highest BCUT2D eigenvalue weighted by Crippen LogP contribution is 2.27. The van der Waals surface area contributed by atoms with Gasteiger partial charge in [-0.1, -0.05) is 44.2 Å². The summed E-state index contributed by atoms with van der Waals surface area (Å²) in [6.45, 7) is 4.24. The molecule has 0 aliphatic rings. The molecule has 2 rings (SSSR count). The van der Waals surface area contributed by atoms with Crippen LogP contribution in [0.25, 0.3) is 11.3 Å². The predicted molar refractivity (Wildman–Crippen MR) is 69.3 cm³/mol. The van der Waals surface area contributed by atoms with Crippen LogP contribution in [0.5, 0.6) is 0 Å². The van der Waals surface area contributed by atoms with E-state index in [0.29, 0.717) is 5.92 Å². The molecule has 1 aromatic carbocycles. The molecule has 2 N–H and O–H groups in total. The lowest BCUT2D eigenvalue weighted by Gasteiger charge is -2.11. The molecule has 16 heavy (non-hydrogen) atoms. The number of nitrogens with zero attached hydrogens (tertiary/aromatic N) is 1. The van der Waals surface area contributed by atoms with Crippen LogP contribution in [0.3, 0.4) is 0 Å². The molecule has 0 fully saturated rings. The van der Waals surface area contributed by atoms with Gasteiger partial charge in [-0.05, 0) is 5.92 Å². The van der Waals surface area contributed by atoms with Gasteiger partial charge in [-0.2, -0.15) is 0 Å². The monoisotopic (exact) mass is 232 g/mol. The van der Waals surface area contributed by atoms with E-state index in [0.717, 1.165) is 16.3 Å². The molecule has 0 amide bonds. The lowest BCUT2D eigenvalue weighted by Crippen LogP contribution is -2.16. The van der Waals surface area contributed by atoms with E-state index in [9.17, 15) is 0 Å². The molecule has 84 valence electrons. The van der Waals surface area contributed by atoms with Gasteiger partial charge in [0, 0.05) is 10.9 Å². The lowest BCUT2D eigenvalue weighted by molar-refractivity contribution is 0.512. The average molecular weight is 232 g/mol. The van der Waals surface area contributed by atoms with Crippen LogP contribution in [0.2, 0.25) is 0 Å². The zero-order valence-electron chi connectivity index (χ0n) is 9.55. The molecule has 1 heterocycles. The van der Waals surface area contributed by atoms with Crippen LogP contribution in [0, 0.1) is 5.92 Å². The Morgan fingerprint density at radius 1 is 1.19 bits per heavy atom. The smallest absolute Gasteiger partial charge is 0.110 e. The van der Waals surface area contributed by atoms with Gasteiger partial charge < -0.3 is 5.73 Å². The summed E-state index contributed by atoms with van der Waals surface area (Å²) in [6, 6.07) is 10.2. The second-order valence-electron chi connectivity index (χ2n) is 4.21. The summed E-state index contributed by atoms with van der Waals surface area (Å²) in [4.78, 5) is 4.60. The van der Waals surface area contributed by atoms with Crippen molar-refractivity contribution in [3.63, 3.8) is 0 Å². The Labute approximate surface area is 100 Å². The number of thiazole rings is 1. The normalized spacial score (nSPS) is 13.0. The zero-order valence-corrected chi connectivity index (χ0v) is 10.4. The van der Waals surface area contributed by atoms with Crippen molar-refractivity contribution in [2.24, 2.45) is 11.7 Å². The van der Waals surface area contributed by atoms with E-state index in [1.807, 2.05) is 18.2 Å². The molecule has 0 bridgehead atoms. The highest BCUT2D eigenvalue weighted by molar-refractivity contribution is 7.10. The van der Waals surface area contributed by atoms with Gasteiger partial charge in [0.2, 0.25) is 0 Å². The second-order valence-corrected chi connectivity index (χ2v) is 5.10. The zero-order chi connectivity index (χ0) is 11.5. The number of benzene rings is 1. The molecular weight excluding hydrogens is 216 g/mol. The minimum Gasteiger partial charge on any atom is -0.322 e. The quantitative estimate of drug-likeness (QED) is 0.880. The Hall–Kier alpha value is -1.19. The van der Waals surface area contributed by atoms with Gasteiger partial charge in [0.25, 0.3) is 0 Å². The molecule has 2 aromatic rings. The van der Waals surface area contributed by atoms with Crippen molar-refractivity contribution in [1.82, 2.24) is 4.98 Å². The van der Waals surface area contributed by atoms with Gasteiger partial charge in [0.05, 0.1) is 11.7 Å². The van der Waals surface area contributed by atoms with Crippen LogP contribution in [0.4, 0.5) is 0 Å². The molecule has 1 atom stereocenters. The first-order valence-electron chi connectivity index (χ1n) is 5.45. The first-order valence-corrected chi connectivity index (χ1v) is 6.33. The van der Waals surface area contributed by atoms with E-state index in [4.69, 9.17) is 5.73 Å². The topological polar surface area (TPSA) is 38.9 Å². The third-order valence-electron chi connectivity index (χ3n) is 2.59. The predicted octanol–water partition coefficient (Wildman–Crippen LogP) is 3.47. The Bertz CT molecular complexity index is 448. The maximum atomic E-state index is 6.08. The summed E-state index contributed by atoms with van der Waals surface area (Å²) < 4.78 is 0. The highest BCUT2D eigenvalue weighted by atomic mass is 32.1. The minimum atomic E-state index is 0.0439. The van der Waals surface area contributed by atoms with Crippen LogP contribution >= 0.6 is 11.3 Å². The Balaban J connectivity index is 2.27. The van der Waals surface area contributed by atoms with Crippen LogP contribution in [-0.4, -0.2) is 4.98 Å². The van der Waals surface area contributed by atoms with Gasteiger partial charge >= 0.3 is 0 Å². The van der Waals surface area contributed by atoms with Crippen molar-refractivity contribution < 1.29 is 0 Å². The molecule has 3 heteroatoms. The van der Waals surface area contributed by atoms with E-state index >= 15 is 0 Å². The summed E-state index contributed by atoms with van der Waals surface area (Å²) in [5, 5.41) is 3.10. The molecular formula is C13H16N2S. The van der Waals surface area contributed by atoms with E-state index < -0.39 is 0 Å². The Morgan fingerprint density at radius 2 is 1.88 bits per heavy atom. The van der Waals surface area contributed by atoms with E-state index in [-0.39, 0.29) is 6.04 Å². The van der Waals surface area contributed by atoms with Gasteiger partial charge in [-0.3, -0.25) is 0 Å². The molecule has 0 aliphatic carbocycles.